The Hall–Kier alpha value is -8.14. The third kappa shape index (κ3) is 5.54. The highest BCUT2D eigenvalue weighted by atomic mass is 15.0. The minimum Gasteiger partial charge on any atom is -0.309 e. The van der Waals surface area contributed by atoms with Gasteiger partial charge in [-0.3, -0.25) is 9.97 Å². The fraction of sp³-hybridized carbons (Fsp3) is 0.0492. The number of para-hydroxylation sites is 2. The van der Waals surface area contributed by atoms with E-state index in [0.717, 1.165) is 27.4 Å². The number of benzene rings is 10. The smallest absolute Gasteiger partial charge is 0.0971 e. The van der Waals surface area contributed by atoms with Crippen LogP contribution in [0.3, 0.4) is 0 Å². The van der Waals surface area contributed by atoms with Crippen LogP contribution < -0.4 is 0 Å². The molecule has 0 bridgehead atoms. The van der Waals surface area contributed by atoms with E-state index in [0.29, 0.717) is 0 Å². The Labute approximate surface area is 371 Å². The maximum absolute atomic E-state index is 4.81. The quantitative estimate of drug-likeness (QED) is 0.162. The molecule has 0 aliphatic heterocycles. The Bertz CT molecular complexity index is 3820. The highest BCUT2D eigenvalue weighted by Gasteiger charge is 2.36. The minimum atomic E-state index is -0.158. The Morgan fingerprint density at radius 1 is 0.328 bits per heavy atom. The summed E-state index contributed by atoms with van der Waals surface area (Å²) in [7, 11) is 0. The molecule has 0 unspecified atom stereocenters. The van der Waals surface area contributed by atoms with Crippen molar-refractivity contribution in [3.63, 3.8) is 0 Å². The summed E-state index contributed by atoms with van der Waals surface area (Å²) in [6, 6.07) is 73.7. The first kappa shape index (κ1) is 36.5. The van der Waals surface area contributed by atoms with Gasteiger partial charge in [-0.05, 0) is 126 Å². The average molecular weight is 816 g/mol. The standard InChI is InChI=1S/C61H41N3/c1-61(2)55-35-43(24-28-49(55)50-29-25-44(36-56(50)61)45-26-30-52-51-16-8-9-18-57(51)64(58(52)37-45)46-13-4-3-5-14-46)39-21-19-38(20-22-39)40-11-10-12-41(33-40)42-23-27-48-47-15-6-7-17-53(47)59-60(54(48)34-42)63-32-31-62-59/h3-37H,1-2H3. The second-order valence-electron chi connectivity index (χ2n) is 17.8. The van der Waals surface area contributed by atoms with Crippen molar-refractivity contribution in [2.24, 2.45) is 0 Å². The normalized spacial score (nSPS) is 13.0. The lowest BCUT2D eigenvalue weighted by molar-refractivity contribution is 0.661. The molecule has 3 nitrogen and oxygen atoms in total. The van der Waals surface area contributed by atoms with Crippen LogP contribution in [0, 0.1) is 0 Å². The molecule has 2 aromatic heterocycles. The molecule has 0 fully saturated rings. The first-order valence-corrected chi connectivity index (χ1v) is 22.1. The lowest BCUT2D eigenvalue weighted by atomic mass is 9.81. The summed E-state index contributed by atoms with van der Waals surface area (Å²) < 4.78 is 2.40. The first-order valence-electron chi connectivity index (χ1n) is 22.1. The van der Waals surface area contributed by atoms with Crippen LogP contribution in [-0.4, -0.2) is 14.5 Å². The van der Waals surface area contributed by atoms with Gasteiger partial charge in [0.2, 0.25) is 0 Å². The summed E-state index contributed by atoms with van der Waals surface area (Å²) >= 11 is 0. The van der Waals surface area contributed by atoms with Crippen molar-refractivity contribution in [1.29, 1.82) is 0 Å². The zero-order valence-corrected chi connectivity index (χ0v) is 35.5. The zero-order chi connectivity index (χ0) is 42.5. The van der Waals surface area contributed by atoms with Crippen molar-refractivity contribution < 1.29 is 0 Å². The molecule has 0 amide bonds. The maximum atomic E-state index is 4.81. The number of fused-ring (bicyclic) bond motifs is 12. The fourth-order valence-corrected chi connectivity index (χ4v) is 10.6. The topological polar surface area (TPSA) is 30.7 Å². The van der Waals surface area contributed by atoms with Gasteiger partial charge in [0.1, 0.15) is 0 Å². The lowest BCUT2D eigenvalue weighted by Crippen LogP contribution is -2.15. The molecule has 12 aromatic rings. The molecule has 13 rings (SSSR count). The van der Waals surface area contributed by atoms with Gasteiger partial charge < -0.3 is 4.57 Å². The second-order valence-corrected chi connectivity index (χ2v) is 17.8. The van der Waals surface area contributed by atoms with Gasteiger partial charge in [-0.25, -0.2) is 0 Å². The maximum Gasteiger partial charge on any atom is 0.0971 e. The van der Waals surface area contributed by atoms with E-state index in [4.69, 9.17) is 9.97 Å². The molecule has 300 valence electrons. The van der Waals surface area contributed by atoms with Crippen LogP contribution in [0.15, 0.2) is 213 Å². The summed E-state index contributed by atoms with van der Waals surface area (Å²) in [6.07, 6.45) is 3.58. The lowest BCUT2D eigenvalue weighted by Gasteiger charge is -2.22. The average Bonchev–Trinajstić information content (AvgIpc) is 3.81. The molecule has 0 saturated heterocycles. The summed E-state index contributed by atoms with van der Waals surface area (Å²) in [4.78, 5) is 9.56. The molecule has 0 atom stereocenters. The number of nitrogens with zero attached hydrogens (tertiary/aromatic N) is 3. The van der Waals surface area contributed by atoms with E-state index in [1.165, 1.54) is 99.5 Å². The van der Waals surface area contributed by atoms with Gasteiger partial charge in [0, 0.05) is 45.0 Å². The third-order valence-electron chi connectivity index (χ3n) is 13.9. The van der Waals surface area contributed by atoms with Crippen molar-refractivity contribution in [3.8, 4) is 61.3 Å². The number of hydrogen-bond donors (Lipinski definition) is 0. The van der Waals surface area contributed by atoms with Crippen molar-refractivity contribution in [1.82, 2.24) is 14.5 Å². The molecule has 0 saturated carbocycles. The largest absolute Gasteiger partial charge is 0.309 e. The molecule has 2 heterocycles. The molecule has 0 spiro atoms. The Balaban J connectivity index is 0.810. The molecular formula is C61H41N3. The monoisotopic (exact) mass is 815 g/mol. The van der Waals surface area contributed by atoms with Crippen LogP contribution in [0.1, 0.15) is 25.0 Å². The van der Waals surface area contributed by atoms with Crippen LogP contribution in [0.25, 0.3) is 116 Å². The van der Waals surface area contributed by atoms with E-state index in [2.05, 4.69) is 219 Å². The predicted octanol–water partition coefficient (Wildman–Crippen LogP) is 16.0. The fourth-order valence-electron chi connectivity index (χ4n) is 10.6. The molecule has 0 radical (unpaired) electrons. The molecule has 1 aliphatic rings. The molecule has 1 aliphatic carbocycles. The number of hydrogen-bond acceptors (Lipinski definition) is 2. The van der Waals surface area contributed by atoms with Gasteiger partial charge in [0.25, 0.3) is 0 Å². The van der Waals surface area contributed by atoms with Gasteiger partial charge in [-0.2, -0.15) is 0 Å². The summed E-state index contributed by atoms with van der Waals surface area (Å²) in [5.41, 5.74) is 20.4. The summed E-state index contributed by atoms with van der Waals surface area (Å²) in [5.74, 6) is 0. The predicted molar refractivity (Wildman–Crippen MR) is 268 cm³/mol. The van der Waals surface area contributed by atoms with Crippen LogP contribution in [0.2, 0.25) is 0 Å². The van der Waals surface area contributed by atoms with Crippen molar-refractivity contribution in [2.75, 3.05) is 0 Å². The van der Waals surface area contributed by atoms with E-state index in [1.807, 2.05) is 0 Å². The van der Waals surface area contributed by atoms with Gasteiger partial charge in [-0.1, -0.05) is 166 Å². The van der Waals surface area contributed by atoms with Gasteiger partial charge >= 0.3 is 0 Å². The zero-order valence-electron chi connectivity index (χ0n) is 35.5. The number of aromatic nitrogens is 3. The highest BCUT2D eigenvalue weighted by Crippen LogP contribution is 2.51. The molecule has 10 aromatic carbocycles. The van der Waals surface area contributed by atoms with Gasteiger partial charge in [0.15, 0.2) is 0 Å². The van der Waals surface area contributed by atoms with Crippen LogP contribution in [-0.2, 0) is 5.41 Å². The van der Waals surface area contributed by atoms with E-state index < -0.39 is 0 Å². The van der Waals surface area contributed by atoms with E-state index >= 15 is 0 Å². The van der Waals surface area contributed by atoms with Crippen molar-refractivity contribution >= 4 is 54.4 Å². The molecule has 3 heteroatoms. The minimum absolute atomic E-state index is 0.158. The molecule has 64 heavy (non-hydrogen) atoms. The number of rotatable bonds is 5. The first-order chi connectivity index (χ1) is 31.5. The van der Waals surface area contributed by atoms with E-state index in [1.54, 1.807) is 12.4 Å². The van der Waals surface area contributed by atoms with Crippen LogP contribution in [0.5, 0.6) is 0 Å². The van der Waals surface area contributed by atoms with Crippen molar-refractivity contribution in [2.45, 2.75) is 19.3 Å². The van der Waals surface area contributed by atoms with Gasteiger partial charge in [0.05, 0.1) is 22.1 Å². The van der Waals surface area contributed by atoms with E-state index in [9.17, 15) is 0 Å². The third-order valence-corrected chi connectivity index (χ3v) is 13.9. The summed E-state index contributed by atoms with van der Waals surface area (Å²) in [5, 5.41) is 7.19. The Morgan fingerprint density at radius 2 is 0.797 bits per heavy atom. The van der Waals surface area contributed by atoms with Gasteiger partial charge in [-0.15, -0.1) is 0 Å². The SMILES string of the molecule is CC1(C)c2cc(-c3ccc(-c4cccc(-c5ccc6c7ccccc7c7nccnc7c6c5)c4)cc3)ccc2-c2ccc(-c3ccc4c5ccccc5n(-c5ccccc5)c4c3)cc21. The van der Waals surface area contributed by atoms with Crippen LogP contribution >= 0.6 is 0 Å². The summed E-state index contributed by atoms with van der Waals surface area (Å²) in [6.45, 7) is 4.76. The Kier molecular flexibility index (Phi) is 7.95. The highest BCUT2D eigenvalue weighted by molar-refractivity contribution is 6.23. The van der Waals surface area contributed by atoms with Crippen LogP contribution in [0.4, 0.5) is 0 Å². The van der Waals surface area contributed by atoms with Crippen molar-refractivity contribution in [3.05, 3.63) is 224 Å². The second kappa shape index (κ2) is 13.9. The van der Waals surface area contributed by atoms with E-state index in [-0.39, 0.29) is 5.41 Å². The molecule has 0 N–H and O–H groups in total. The molecular weight excluding hydrogens is 775 g/mol. The Morgan fingerprint density at radius 3 is 1.50 bits per heavy atom.